The van der Waals surface area contributed by atoms with Crippen molar-refractivity contribution < 1.29 is 23.8 Å². The second kappa shape index (κ2) is 8.89. The van der Waals surface area contributed by atoms with E-state index >= 15 is 0 Å². The smallest absolute Gasteiger partial charge is 0.340 e. The van der Waals surface area contributed by atoms with Crippen LogP contribution in [0.2, 0.25) is 0 Å². The van der Waals surface area contributed by atoms with E-state index in [-0.39, 0.29) is 17.4 Å². The minimum Gasteiger partial charge on any atom is -0.493 e. The summed E-state index contributed by atoms with van der Waals surface area (Å²) in [5, 5.41) is 2.83. The van der Waals surface area contributed by atoms with Gasteiger partial charge in [0.2, 0.25) is 5.91 Å². The Bertz CT molecular complexity index is 773. The van der Waals surface area contributed by atoms with E-state index in [2.05, 4.69) is 5.32 Å². The first-order chi connectivity index (χ1) is 12.5. The van der Waals surface area contributed by atoms with Crippen LogP contribution in [0.25, 0.3) is 0 Å². The van der Waals surface area contributed by atoms with Crippen LogP contribution >= 0.6 is 0 Å². The van der Waals surface area contributed by atoms with Gasteiger partial charge in [-0.25, -0.2) is 4.79 Å². The summed E-state index contributed by atoms with van der Waals surface area (Å²) in [6, 6.07) is 12.5. The van der Waals surface area contributed by atoms with Gasteiger partial charge in [0.15, 0.2) is 11.5 Å². The van der Waals surface area contributed by atoms with Crippen LogP contribution < -0.4 is 14.8 Å². The molecule has 6 heteroatoms. The third kappa shape index (κ3) is 4.14. The van der Waals surface area contributed by atoms with Crippen molar-refractivity contribution in [3.05, 3.63) is 53.6 Å². The monoisotopic (exact) mass is 357 g/mol. The molecule has 1 N–H and O–H groups in total. The number of carbonyl (C=O) groups excluding carboxylic acids is 2. The van der Waals surface area contributed by atoms with Gasteiger partial charge in [-0.05, 0) is 12.0 Å². The molecule has 2 aromatic rings. The number of amides is 1. The molecule has 26 heavy (non-hydrogen) atoms. The van der Waals surface area contributed by atoms with Crippen LogP contribution in [0.5, 0.6) is 11.5 Å². The summed E-state index contributed by atoms with van der Waals surface area (Å²) in [5.41, 5.74) is 1.42. The van der Waals surface area contributed by atoms with E-state index in [4.69, 9.17) is 14.2 Å². The minimum atomic E-state index is -0.575. The zero-order valence-corrected chi connectivity index (χ0v) is 15.4. The van der Waals surface area contributed by atoms with Crippen molar-refractivity contribution in [2.75, 3.05) is 26.6 Å². The number of hydrogen-bond donors (Lipinski definition) is 1. The second-order valence-corrected chi connectivity index (χ2v) is 5.61. The number of carbonyl (C=O) groups is 2. The Hall–Kier alpha value is -3.02. The molecule has 6 nitrogen and oxygen atoms in total. The number of esters is 1. The van der Waals surface area contributed by atoms with Gasteiger partial charge in [-0.3, -0.25) is 4.79 Å². The fraction of sp³-hybridized carbons (Fsp3) is 0.300. The molecule has 0 spiro atoms. The molecule has 0 aliphatic carbocycles. The number of benzene rings is 2. The predicted octanol–water partition coefficient (Wildman–Crippen LogP) is 3.62. The van der Waals surface area contributed by atoms with Gasteiger partial charge in [0.25, 0.3) is 0 Å². The molecular weight excluding hydrogens is 334 g/mol. The molecule has 0 radical (unpaired) electrons. The lowest BCUT2D eigenvalue weighted by Gasteiger charge is -2.18. The fourth-order valence-corrected chi connectivity index (χ4v) is 2.74. The Morgan fingerprint density at radius 2 is 1.62 bits per heavy atom. The lowest BCUT2D eigenvalue weighted by Crippen LogP contribution is -2.22. The Morgan fingerprint density at radius 1 is 1.00 bits per heavy atom. The highest BCUT2D eigenvalue weighted by Gasteiger charge is 2.23. The summed E-state index contributed by atoms with van der Waals surface area (Å²) in [6.07, 6.45) is 0.622. The van der Waals surface area contributed by atoms with Crippen molar-refractivity contribution in [1.82, 2.24) is 0 Å². The largest absolute Gasteiger partial charge is 0.493 e. The number of hydrogen-bond acceptors (Lipinski definition) is 5. The Morgan fingerprint density at radius 3 is 2.15 bits per heavy atom. The first-order valence-electron chi connectivity index (χ1n) is 8.25. The van der Waals surface area contributed by atoms with Gasteiger partial charge >= 0.3 is 5.97 Å². The van der Waals surface area contributed by atoms with E-state index in [1.54, 1.807) is 6.07 Å². The molecule has 0 aromatic heterocycles. The molecule has 1 amide bonds. The summed E-state index contributed by atoms with van der Waals surface area (Å²) in [6.45, 7) is 1.94. The zero-order chi connectivity index (χ0) is 19.1. The molecule has 138 valence electrons. The number of methoxy groups -OCH3 is 3. The Labute approximate surface area is 153 Å². The molecule has 0 saturated heterocycles. The first-order valence-corrected chi connectivity index (χ1v) is 8.25. The molecule has 0 bridgehead atoms. The molecule has 0 aliphatic heterocycles. The third-order valence-electron chi connectivity index (χ3n) is 4.11. The van der Waals surface area contributed by atoms with E-state index in [1.165, 1.54) is 27.4 Å². The SMILES string of the molecule is CC[C@H](C(=O)Nc1cc(OC)c(OC)cc1C(=O)OC)c1ccccc1. The molecule has 0 unspecified atom stereocenters. The average molecular weight is 357 g/mol. The van der Waals surface area contributed by atoms with Gasteiger partial charge in [0, 0.05) is 12.1 Å². The number of ether oxygens (including phenoxy) is 3. The topological polar surface area (TPSA) is 73.9 Å². The van der Waals surface area contributed by atoms with Gasteiger partial charge in [0.05, 0.1) is 38.5 Å². The molecule has 1 atom stereocenters. The maximum Gasteiger partial charge on any atom is 0.340 e. The second-order valence-electron chi connectivity index (χ2n) is 5.61. The van der Waals surface area contributed by atoms with Crippen molar-refractivity contribution >= 4 is 17.6 Å². The summed E-state index contributed by atoms with van der Waals surface area (Å²) < 4.78 is 15.3. The Kier molecular flexibility index (Phi) is 6.60. The highest BCUT2D eigenvalue weighted by atomic mass is 16.5. The van der Waals surface area contributed by atoms with Gasteiger partial charge in [0.1, 0.15) is 0 Å². The van der Waals surface area contributed by atoms with Crippen LogP contribution in [-0.2, 0) is 9.53 Å². The van der Waals surface area contributed by atoms with Crippen molar-refractivity contribution in [2.24, 2.45) is 0 Å². The van der Waals surface area contributed by atoms with Crippen LogP contribution in [0.15, 0.2) is 42.5 Å². The maximum absolute atomic E-state index is 12.8. The van der Waals surface area contributed by atoms with Crippen LogP contribution in [-0.4, -0.2) is 33.2 Å². The number of nitrogens with one attached hydrogen (secondary N) is 1. The van der Waals surface area contributed by atoms with Gasteiger partial charge in [-0.1, -0.05) is 37.3 Å². The van der Waals surface area contributed by atoms with E-state index < -0.39 is 5.97 Å². The summed E-state index contributed by atoms with van der Waals surface area (Å²) >= 11 is 0. The van der Waals surface area contributed by atoms with Crippen LogP contribution in [0.1, 0.15) is 35.2 Å². The standard InChI is InChI=1S/C20H23NO5/c1-5-14(13-9-7-6-8-10-13)19(22)21-16-12-18(25-3)17(24-2)11-15(16)20(23)26-4/h6-12,14H,5H2,1-4H3,(H,21,22)/t14-/m0/s1. The quantitative estimate of drug-likeness (QED) is 0.766. The van der Waals surface area contributed by atoms with Crippen molar-refractivity contribution in [2.45, 2.75) is 19.3 Å². The van der Waals surface area contributed by atoms with Crippen LogP contribution in [0.3, 0.4) is 0 Å². The molecule has 2 aromatic carbocycles. The van der Waals surface area contributed by atoms with Gasteiger partial charge in [-0.2, -0.15) is 0 Å². The fourth-order valence-electron chi connectivity index (χ4n) is 2.74. The van der Waals surface area contributed by atoms with E-state index in [9.17, 15) is 9.59 Å². The summed E-state index contributed by atoms with van der Waals surface area (Å²) in [5.74, 6) is -0.343. The van der Waals surface area contributed by atoms with E-state index in [0.29, 0.717) is 23.6 Å². The van der Waals surface area contributed by atoms with Gasteiger partial charge < -0.3 is 19.5 Å². The highest BCUT2D eigenvalue weighted by molar-refractivity contribution is 6.04. The Balaban J connectivity index is 2.40. The molecule has 0 saturated carbocycles. The normalized spacial score (nSPS) is 11.4. The van der Waals surface area contributed by atoms with Crippen molar-refractivity contribution in [3.63, 3.8) is 0 Å². The predicted molar refractivity (Wildman–Crippen MR) is 99.0 cm³/mol. The van der Waals surface area contributed by atoms with Gasteiger partial charge in [-0.15, -0.1) is 0 Å². The number of rotatable bonds is 7. The minimum absolute atomic E-state index is 0.196. The van der Waals surface area contributed by atoms with Crippen molar-refractivity contribution in [1.29, 1.82) is 0 Å². The maximum atomic E-state index is 12.8. The first kappa shape index (κ1) is 19.3. The highest BCUT2D eigenvalue weighted by Crippen LogP contribution is 2.34. The summed E-state index contributed by atoms with van der Waals surface area (Å²) in [7, 11) is 4.24. The van der Waals surface area contributed by atoms with Crippen LogP contribution in [0.4, 0.5) is 5.69 Å². The summed E-state index contributed by atoms with van der Waals surface area (Å²) in [4.78, 5) is 24.9. The zero-order valence-electron chi connectivity index (χ0n) is 15.4. The molecule has 2 rings (SSSR count). The van der Waals surface area contributed by atoms with E-state index in [0.717, 1.165) is 5.56 Å². The molecule has 0 heterocycles. The molecule has 0 aliphatic rings. The third-order valence-corrected chi connectivity index (χ3v) is 4.11. The lowest BCUT2D eigenvalue weighted by molar-refractivity contribution is -0.117. The number of anilines is 1. The average Bonchev–Trinajstić information content (AvgIpc) is 2.68. The lowest BCUT2D eigenvalue weighted by atomic mass is 9.95. The van der Waals surface area contributed by atoms with Crippen molar-refractivity contribution in [3.8, 4) is 11.5 Å². The van der Waals surface area contributed by atoms with E-state index in [1.807, 2.05) is 37.3 Å². The molecular formula is C20H23NO5. The molecule has 0 fully saturated rings. The van der Waals surface area contributed by atoms with Crippen LogP contribution in [0, 0.1) is 0 Å².